The molecule has 0 unspecified atom stereocenters. The van der Waals surface area contributed by atoms with Crippen LogP contribution in [-0.4, -0.2) is 19.0 Å². The molecule has 0 spiro atoms. The van der Waals surface area contributed by atoms with E-state index >= 15 is 0 Å². The molecule has 2 aromatic carbocycles. The van der Waals surface area contributed by atoms with Crippen LogP contribution in [0.5, 0.6) is 0 Å². The van der Waals surface area contributed by atoms with Gasteiger partial charge in [0.25, 0.3) is 0 Å². The third kappa shape index (κ3) is 3.88. The Kier molecular flexibility index (Phi) is 6.02. The van der Waals surface area contributed by atoms with E-state index in [1.165, 1.54) is 16.3 Å². The van der Waals surface area contributed by atoms with Gasteiger partial charge in [-0.05, 0) is 14.1 Å². The summed E-state index contributed by atoms with van der Waals surface area (Å²) in [6.45, 7) is 0.949. The molecule has 0 amide bonds. The number of nitrogens with zero attached hydrogens (tertiary/aromatic N) is 1. The predicted octanol–water partition coefficient (Wildman–Crippen LogP) is 3.39. The Bertz CT molecular complexity index is 443. The first kappa shape index (κ1) is 13.7. The molecule has 88 valence electrons. The van der Waals surface area contributed by atoms with Crippen molar-refractivity contribution in [3.63, 3.8) is 0 Å². The van der Waals surface area contributed by atoms with Gasteiger partial charge in [-0.2, -0.15) is 0 Å². The first-order chi connectivity index (χ1) is 7.75. The van der Waals surface area contributed by atoms with E-state index in [1.54, 1.807) is 0 Å². The van der Waals surface area contributed by atoms with Crippen LogP contribution in [0.4, 0.5) is 0 Å². The van der Waals surface area contributed by atoms with E-state index in [-0.39, 0.29) is 0 Å². The van der Waals surface area contributed by atoms with Crippen molar-refractivity contribution < 1.29 is 18.2 Å². The van der Waals surface area contributed by atoms with Crippen molar-refractivity contribution in [2.75, 3.05) is 14.1 Å². The van der Waals surface area contributed by atoms with Gasteiger partial charge in [0.05, 0.1) is 0 Å². The predicted molar refractivity (Wildman–Crippen MR) is 66.0 cm³/mol. The molecule has 0 aliphatic rings. The molecule has 0 bridgehead atoms. The fourth-order valence-electron chi connectivity index (χ4n) is 1.59. The number of hydrogen-bond acceptors (Lipinski definition) is 1. The average Bonchev–Trinajstić information content (AvgIpc) is 2.31. The van der Waals surface area contributed by atoms with E-state index < -0.39 is 0 Å². The van der Waals surface area contributed by atoms with Crippen molar-refractivity contribution >= 4 is 20.3 Å². The molecule has 2 aromatic rings. The molecular weight excluding hydrogens is 312 g/mol. The second-order valence-electron chi connectivity index (χ2n) is 3.81. The third-order valence-electron chi connectivity index (χ3n) is 2.21. The number of hydrogen-bond donors (Lipinski definition) is 0. The van der Waals surface area contributed by atoms with Gasteiger partial charge in [-0.25, -0.2) is 0 Å². The fraction of sp³-hybridized carbons (Fsp3) is 0.231. The van der Waals surface area contributed by atoms with E-state index in [0.29, 0.717) is 0 Å². The van der Waals surface area contributed by atoms with Gasteiger partial charge in [0, 0.05) is 6.54 Å². The zero-order valence-electron chi connectivity index (χ0n) is 9.31. The summed E-state index contributed by atoms with van der Waals surface area (Å²) < 4.78 is 0. The quantitative estimate of drug-likeness (QED) is 0.604. The van der Waals surface area contributed by atoms with Gasteiger partial charge in [-0.15, -0.1) is 46.7 Å². The number of halogens is 1. The Morgan fingerprint density at radius 3 is 2.50 bits per heavy atom. The van der Waals surface area contributed by atoms with Crippen LogP contribution in [0.15, 0.2) is 36.4 Å². The maximum absolute atomic E-state index is 4.49. The third-order valence-corrected chi connectivity index (χ3v) is 2.21. The Morgan fingerprint density at radius 2 is 1.81 bits per heavy atom. The van der Waals surface area contributed by atoms with Crippen molar-refractivity contribution in [2.24, 2.45) is 0 Å². The molecule has 1 nitrogen and oxygen atoms in total. The molecule has 3 heteroatoms. The Hall–Kier alpha value is -0.388. The SMILES string of the molecule is CN(C)Cc1[c-]c2ccccc2cc1.[Cl][Pd+]. The summed E-state index contributed by atoms with van der Waals surface area (Å²) in [6.07, 6.45) is 0. The van der Waals surface area contributed by atoms with Crippen molar-refractivity contribution in [1.29, 1.82) is 0 Å². The number of benzene rings is 2. The van der Waals surface area contributed by atoms with Crippen LogP contribution in [0.1, 0.15) is 5.56 Å². The molecule has 0 aliphatic heterocycles. The van der Waals surface area contributed by atoms with E-state index in [2.05, 4.69) is 89.2 Å². The molecule has 0 saturated carbocycles. The van der Waals surface area contributed by atoms with Crippen LogP contribution < -0.4 is 0 Å². The normalized spacial score (nSPS) is 10.1. The van der Waals surface area contributed by atoms with Crippen LogP contribution in [0, 0.1) is 6.07 Å². The molecule has 16 heavy (non-hydrogen) atoms. The van der Waals surface area contributed by atoms with Gasteiger partial charge in [-0.3, -0.25) is 0 Å². The van der Waals surface area contributed by atoms with Crippen LogP contribution >= 0.6 is 9.53 Å². The van der Waals surface area contributed by atoms with Gasteiger partial charge < -0.3 is 4.90 Å². The van der Waals surface area contributed by atoms with Crippen LogP contribution in [-0.2, 0) is 24.7 Å². The Labute approximate surface area is 112 Å². The standard InChI is InChI=1S/C13H14N.ClH.Pd/c1-14(2)10-11-7-8-12-5-3-4-6-13(12)9-11;;/h3-8H,10H2,1-2H3;1H;/q-1;;+2/p-1. The summed E-state index contributed by atoms with van der Waals surface area (Å²) in [5.41, 5.74) is 1.24. The first-order valence-electron chi connectivity index (χ1n) is 4.92. The van der Waals surface area contributed by atoms with Gasteiger partial charge in [-0.1, -0.05) is 12.1 Å². The second-order valence-corrected chi connectivity index (χ2v) is 3.81. The van der Waals surface area contributed by atoms with Crippen LogP contribution in [0.2, 0.25) is 0 Å². The van der Waals surface area contributed by atoms with Crippen molar-refractivity contribution in [2.45, 2.75) is 6.54 Å². The molecule has 0 fully saturated rings. The second kappa shape index (κ2) is 7.04. The summed E-state index contributed by atoms with van der Waals surface area (Å²) in [4.78, 5) is 2.15. The van der Waals surface area contributed by atoms with Gasteiger partial charge >= 0.3 is 27.7 Å². The molecule has 0 N–H and O–H groups in total. The molecule has 0 atom stereocenters. The molecule has 0 aromatic heterocycles. The Balaban J connectivity index is 0.000000606. The minimum absolute atomic E-state index is 0.949. The van der Waals surface area contributed by atoms with Gasteiger partial charge in [0.2, 0.25) is 0 Å². The van der Waals surface area contributed by atoms with Crippen molar-refractivity contribution in [3.05, 3.63) is 48.0 Å². The molecular formula is C13H14ClNPd. The fourth-order valence-corrected chi connectivity index (χ4v) is 1.59. The minimum atomic E-state index is 0.949. The summed E-state index contributed by atoms with van der Waals surface area (Å²) >= 11 is 2.22. The van der Waals surface area contributed by atoms with E-state index in [4.69, 9.17) is 0 Å². The van der Waals surface area contributed by atoms with Gasteiger partial charge in [0.1, 0.15) is 0 Å². The van der Waals surface area contributed by atoms with Crippen LogP contribution in [0.25, 0.3) is 10.8 Å². The molecule has 0 saturated heterocycles. The molecule has 0 heterocycles. The van der Waals surface area contributed by atoms with Gasteiger partial charge in [0.15, 0.2) is 0 Å². The topological polar surface area (TPSA) is 3.24 Å². The zero-order chi connectivity index (χ0) is 12.0. The maximum atomic E-state index is 4.49. The monoisotopic (exact) mass is 325 g/mol. The average molecular weight is 326 g/mol. The summed E-state index contributed by atoms with van der Waals surface area (Å²) in [5, 5.41) is 2.46. The summed E-state index contributed by atoms with van der Waals surface area (Å²) in [6, 6.07) is 16.0. The summed E-state index contributed by atoms with van der Waals surface area (Å²) in [7, 11) is 8.63. The molecule has 0 radical (unpaired) electrons. The zero-order valence-corrected chi connectivity index (χ0v) is 11.6. The summed E-state index contributed by atoms with van der Waals surface area (Å²) in [5.74, 6) is 0. The molecule has 0 aliphatic carbocycles. The molecule has 2 rings (SSSR count). The van der Waals surface area contributed by atoms with E-state index in [1.807, 2.05) is 0 Å². The number of fused-ring (bicyclic) bond motifs is 1. The van der Waals surface area contributed by atoms with Crippen molar-refractivity contribution in [1.82, 2.24) is 4.90 Å². The number of rotatable bonds is 2. The van der Waals surface area contributed by atoms with E-state index in [0.717, 1.165) is 6.54 Å². The van der Waals surface area contributed by atoms with E-state index in [9.17, 15) is 0 Å². The van der Waals surface area contributed by atoms with Crippen LogP contribution in [0.3, 0.4) is 0 Å². The Morgan fingerprint density at radius 1 is 1.12 bits per heavy atom. The van der Waals surface area contributed by atoms with Crippen molar-refractivity contribution in [3.8, 4) is 0 Å². The first-order valence-corrected chi connectivity index (χ1v) is 6.92.